The van der Waals surface area contributed by atoms with Crippen LogP contribution < -0.4 is 5.32 Å². The van der Waals surface area contributed by atoms with Crippen molar-refractivity contribution in [2.24, 2.45) is 0 Å². The fraction of sp³-hybridized carbons (Fsp3) is 0.440. The minimum Gasteiger partial charge on any atom is -0.343 e. The largest absolute Gasteiger partial charge is 0.343 e. The molecule has 2 fully saturated rings. The van der Waals surface area contributed by atoms with Crippen molar-refractivity contribution in [1.29, 1.82) is 0 Å². The third kappa shape index (κ3) is 5.66. The van der Waals surface area contributed by atoms with Crippen molar-refractivity contribution >= 4 is 58.2 Å². The Labute approximate surface area is 220 Å². The summed E-state index contributed by atoms with van der Waals surface area (Å²) >= 11 is 24.9. The number of carbonyl (C=O) groups excluding carboxylic acids is 2. The van der Waals surface area contributed by atoms with Gasteiger partial charge in [0.05, 0.1) is 5.41 Å². The van der Waals surface area contributed by atoms with E-state index in [1.54, 1.807) is 36.4 Å². The summed E-state index contributed by atoms with van der Waals surface area (Å²) in [7, 11) is 0. The van der Waals surface area contributed by atoms with Crippen molar-refractivity contribution in [3.05, 3.63) is 67.6 Å². The number of nitrogens with zero attached hydrogens (tertiary/aromatic N) is 2. The summed E-state index contributed by atoms with van der Waals surface area (Å²) in [6, 6.07) is 9.65. The molecule has 2 aromatic carbocycles. The van der Waals surface area contributed by atoms with Crippen molar-refractivity contribution in [3.63, 3.8) is 0 Å². The Morgan fingerprint density at radius 1 is 0.941 bits per heavy atom. The van der Waals surface area contributed by atoms with E-state index in [1.807, 2.05) is 4.90 Å². The van der Waals surface area contributed by atoms with E-state index in [4.69, 9.17) is 46.4 Å². The van der Waals surface area contributed by atoms with Crippen LogP contribution in [0.5, 0.6) is 0 Å². The first-order valence-electron chi connectivity index (χ1n) is 11.4. The number of hydrogen-bond donors (Lipinski definition) is 1. The van der Waals surface area contributed by atoms with Gasteiger partial charge >= 0.3 is 0 Å². The third-order valence-corrected chi connectivity index (χ3v) is 7.71. The monoisotopic (exact) mass is 541 g/mol. The van der Waals surface area contributed by atoms with E-state index < -0.39 is 11.5 Å². The fourth-order valence-electron chi connectivity index (χ4n) is 4.59. The average molecular weight is 543 g/mol. The van der Waals surface area contributed by atoms with Crippen LogP contribution in [0.4, 0.5) is 0 Å². The highest BCUT2D eigenvalue weighted by molar-refractivity contribution is 6.35. The molecule has 0 spiro atoms. The standard InChI is InChI=1S/C25H27Cl4N3O2/c1-2-31-7-9-32(10-8-31)23(33)22(13-16-11-18(27)14-19(28)12-16)30-24(34)25(5-6-25)20-4-3-17(26)15-21(20)29/h3-4,11-12,14-15,22H,2,5-10,13H2,1H3,(H,30,34)/t22-/m0/s1. The lowest BCUT2D eigenvalue weighted by Crippen LogP contribution is -2.56. The predicted octanol–water partition coefficient (Wildman–Crippen LogP) is 5.22. The summed E-state index contributed by atoms with van der Waals surface area (Å²) in [5.41, 5.74) is 0.787. The van der Waals surface area contributed by atoms with Crippen LogP contribution in [0.1, 0.15) is 30.9 Å². The Bertz CT molecular complexity index is 1060. The Morgan fingerprint density at radius 3 is 2.15 bits per heavy atom. The molecule has 2 amide bonds. The summed E-state index contributed by atoms with van der Waals surface area (Å²) in [4.78, 5) is 31.3. The molecule has 1 saturated heterocycles. The summed E-state index contributed by atoms with van der Waals surface area (Å²) < 4.78 is 0. The molecular weight excluding hydrogens is 516 g/mol. The molecular formula is C25H27Cl4N3O2. The number of amides is 2. The van der Waals surface area contributed by atoms with Gasteiger partial charge in [0.25, 0.3) is 0 Å². The second-order valence-electron chi connectivity index (χ2n) is 8.97. The van der Waals surface area contributed by atoms with Gasteiger partial charge in [-0.1, -0.05) is 59.4 Å². The molecule has 1 N–H and O–H groups in total. The first kappa shape index (κ1) is 25.6. The molecule has 0 aromatic heterocycles. The van der Waals surface area contributed by atoms with Crippen molar-refractivity contribution in [2.45, 2.75) is 37.6 Å². The highest BCUT2D eigenvalue weighted by Gasteiger charge is 2.53. The summed E-state index contributed by atoms with van der Waals surface area (Å²) in [6.45, 7) is 5.95. The molecule has 4 rings (SSSR count). The van der Waals surface area contributed by atoms with E-state index in [9.17, 15) is 9.59 Å². The van der Waals surface area contributed by atoms with Crippen LogP contribution in [0.15, 0.2) is 36.4 Å². The van der Waals surface area contributed by atoms with E-state index in [1.165, 1.54) is 0 Å². The summed E-state index contributed by atoms with van der Waals surface area (Å²) in [5, 5.41) is 5.00. The SMILES string of the molecule is CCN1CCN(C(=O)[C@H](Cc2cc(Cl)cc(Cl)c2)NC(=O)C2(c3ccc(Cl)cc3Cl)CC2)CC1. The Kier molecular flexibility index (Phi) is 8.00. The van der Waals surface area contributed by atoms with Gasteiger partial charge in [0.1, 0.15) is 6.04 Å². The molecule has 1 saturated carbocycles. The lowest BCUT2D eigenvalue weighted by atomic mass is 9.93. The van der Waals surface area contributed by atoms with Gasteiger partial charge in [-0.15, -0.1) is 0 Å². The number of hydrogen-bond acceptors (Lipinski definition) is 3. The van der Waals surface area contributed by atoms with Crippen LogP contribution >= 0.6 is 46.4 Å². The van der Waals surface area contributed by atoms with Gasteiger partial charge in [-0.05, 0) is 60.8 Å². The molecule has 182 valence electrons. The van der Waals surface area contributed by atoms with E-state index in [0.29, 0.717) is 52.4 Å². The maximum Gasteiger partial charge on any atom is 0.245 e. The molecule has 2 aliphatic rings. The molecule has 2 aromatic rings. The first-order chi connectivity index (χ1) is 16.2. The minimum atomic E-state index is -0.743. The molecule has 34 heavy (non-hydrogen) atoms. The van der Waals surface area contributed by atoms with E-state index >= 15 is 0 Å². The van der Waals surface area contributed by atoms with Crippen molar-refractivity contribution in [3.8, 4) is 0 Å². The summed E-state index contributed by atoms with van der Waals surface area (Å²) in [5.74, 6) is -0.298. The van der Waals surface area contributed by atoms with E-state index in [-0.39, 0.29) is 11.8 Å². The molecule has 1 heterocycles. The Balaban J connectivity index is 1.57. The number of piperazine rings is 1. The minimum absolute atomic E-state index is 0.0989. The number of benzene rings is 2. The maximum atomic E-state index is 13.6. The molecule has 0 radical (unpaired) electrons. The molecule has 1 aliphatic carbocycles. The normalized spacial score (nSPS) is 18.4. The molecule has 1 aliphatic heterocycles. The Morgan fingerprint density at radius 2 is 1.59 bits per heavy atom. The van der Waals surface area contributed by atoms with E-state index in [0.717, 1.165) is 30.8 Å². The first-order valence-corrected chi connectivity index (χ1v) is 13.0. The highest BCUT2D eigenvalue weighted by Crippen LogP contribution is 2.51. The van der Waals surface area contributed by atoms with Crippen LogP contribution in [-0.4, -0.2) is 60.4 Å². The maximum absolute atomic E-state index is 13.6. The van der Waals surface area contributed by atoms with Crippen LogP contribution in [-0.2, 0) is 21.4 Å². The lowest BCUT2D eigenvalue weighted by molar-refractivity contribution is -0.138. The van der Waals surface area contributed by atoms with Gasteiger partial charge in [0.2, 0.25) is 11.8 Å². The quantitative estimate of drug-likeness (QED) is 0.521. The second kappa shape index (κ2) is 10.6. The Hall–Kier alpha value is -1.50. The zero-order valence-electron chi connectivity index (χ0n) is 18.9. The molecule has 0 bridgehead atoms. The summed E-state index contributed by atoms with van der Waals surface area (Å²) in [6.07, 6.45) is 1.63. The molecule has 9 heteroatoms. The predicted molar refractivity (Wildman–Crippen MR) is 138 cm³/mol. The van der Waals surface area contributed by atoms with Crippen molar-refractivity contribution in [2.75, 3.05) is 32.7 Å². The zero-order chi connectivity index (χ0) is 24.5. The number of rotatable bonds is 7. The number of halogens is 4. The molecule has 1 atom stereocenters. The van der Waals surface area contributed by atoms with Crippen LogP contribution in [0.2, 0.25) is 20.1 Å². The number of nitrogens with one attached hydrogen (secondary N) is 1. The third-order valence-electron chi connectivity index (χ3n) is 6.73. The van der Waals surface area contributed by atoms with Crippen LogP contribution in [0.25, 0.3) is 0 Å². The van der Waals surface area contributed by atoms with Gasteiger partial charge in [-0.2, -0.15) is 0 Å². The van der Waals surface area contributed by atoms with Gasteiger partial charge in [0.15, 0.2) is 0 Å². The number of carbonyl (C=O) groups is 2. The molecule has 0 unspecified atom stereocenters. The highest BCUT2D eigenvalue weighted by atomic mass is 35.5. The van der Waals surface area contributed by atoms with Gasteiger partial charge < -0.3 is 15.1 Å². The van der Waals surface area contributed by atoms with Crippen molar-refractivity contribution in [1.82, 2.24) is 15.1 Å². The van der Waals surface area contributed by atoms with Crippen LogP contribution in [0.3, 0.4) is 0 Å². The average Bonchev–Trinajstić information content (AvgIpc) is 3.59. The van der Waals surface area contributed by atoms with Crippen LogP contribution in [0, 0.1) is 0 Å². The van der Waals surface area contributed by atoms with Crippen molar-refractivity contribution < 1.29 is 9.59 Å². The van der Waals surface area contributed by atoms with E-state index in [2.05, 4.69) is 17.1 Å². The second-order valence-corrected chi connectivity index (χ2v) is 10.7. The lowest BCUT2D eigenvalue weighted by Gasteiger charge is -2.36. The van der Waals surface area contributed by atoms with Gasteiger partial charge in [-0.25, -0.2) is 0 Å². The zero-order valence-corrected chi connectivity index (χ0v) is 21.9. The topological polar surface area (TPSA) is 52.6 Å². The smallest absolute Gasteiger partial charge is 0.245 e. The molecule has 5 nitrogen and oxygen atoms in total. The number of likely N-dealkylation sites (N-methyl/N-ethyl adjacent to an activating group) is 1. The fourth-order valence-corrected chi connectivity index (χ4v) is 5.75. The van der Waals surface area contributed by atoms with Gasteiger partial charge in [-0.3, -0.25) is 9.59 Å². The van der Waals surface area contributed by atoms with Gasteiger partial charge in [0, 0.05) is 52.7 Å².